The normalized spacial score (nSPS) is 11.9. The van der Waals surface area contributed by atoms with E-state index in [2.05, 4.69) is 20.2 Å². The zero-order valence-electron chi connectivity index (χ0n) is 15.5. The second-order valence-electron chi connectivity index (χ2n) is 6.45. The Morgan fingerprint density at radius 3 is 2.75 bits per heavy atom. The van der Waals surface area contributed by atoms with Crippen LogP contribution in [0.3, 0.4) is 0 Å². The van der Waals surface area contributed by atoms with Crippen LogP contribution in [0.1, 0.15) is 16.1 Å². The third-order valence-corrected chi connectivity index (χ3v) is 4.53. The van der Waals surface area contributed by atoms with E-state index in [9.17, 15) is 4.79 Å². The Morgan fingerprint density at radius 1 is 1.07 bits per heavy atom. The van der Waals surface area contributed by atoms with E-state index in [4.69, 9.17) is 9.47 Å². The van der Waals surface area contributed by atoms with E-state index in [0.717, 1.165) is 18.7 Å². The standard InChI is InChI=1S/C21H20N4O3/c1-25(11-7-15-4-8-22-9-5-15)17-6-10-23-18(13-17)21(26)24-16-2-3-19-20(12-16)28-14-27-19/h2-6,8-10,12-13H,7,11,14H2,1H3,(H,24,26). The van der Waals surface area contributed by atoms with E-state index in [1.165, 1.54) is 5.56 Å². The molecule has 1 aliphatic heterocycles. The molecule has 1 aromatic carbocycles. The van der Waals surface area contributed by atoms with Crippen LogP contribution in [-0.4, -0.2) is 36.3 Å². The predicted octanol–water partition coefficient (Wildman–Crippen LogP) is 3.14. The molecule has 0 saturated carbocycles. The molecule has 0 aliphatic carbocycles. The Hall–Kier alpha value is -3.61. The van der Waals surface area contributed by atoms with E-state index in [0.29, 0.717) is 22.9 Å². The molecule has 142 valence electrons. The van der Waals surface area contributed by atoms with Gasteiger partial charge in [0.1, 0.15) is 5.69 Å². The van der Waals surface area contributed by atoms with Crippen molar-refractivity contribution in [3.05, 3.63) is 72.3 Å². The monoisotopic (exact) mass is 376 g/mol. The third kappa shape index (κ3) is 4.03. The zero-order valence-corrected chi connectivity index (χ0v) is 15.5. The largest absolute Gasteiger partial charge is 0.454 e. The molecule has 0 atom stereocenters. The second kappa shape index (κ2) is 7.96. The maximum absolute atomic E-state index is 12.6. The summed E-state index contributed by atoms with van der Waals surface area (Å²) in [5, 5.41) is 2.85. The highest BCUT2D eigenvalue weighted by Crippen LogP contribution is 2.34. The van der Waals surface area contributed by atoms with Crippen LogP contribution in [-0.2, 0) is 6.42 Å². The molecular weight excluding hydrogens is 356 g/mol. The maximum Gasteiger partial charge on any atom is 0.274 e. The molecule has 0 spiro atoms. The quantitative estimate of drug-likeness (QED) is 0.712. The Bertz CT molecular complexity index is 978. The first kappa shape index (κ1) is 17.8. The molecule has 0 bridgehead atoms. The number of hydrogen-bond donors (Lipinski definition) is 1. The lowest BCUT2D eigenvalue weighted by molar-refractivity contribution is 0.102. The van der Waals surface area contributed by atoms with Crippen molar-refractivity contribution in [1.82, 2.24) is 9.97 Å². The Morgan fingerprint density at radius 2 is 1.89 bits per heavy atom. The third-order valence-electron chi connectivity index (χ3n) is 4.53. The van der Waals surface area contributed by atoms with Gasteiger partial charge in [-0.05, 0) is 48.4 Å². The lowest BCUT2D eigenvalue weighted by Crippen LogP contribution is -2.21. The Kier molecular flexibility index (Phi) is 5.05. The van der Waals surface area contributed by atoms with E-state index in [1.54, 1.807) is 42.9 Å². The number of benzene rings is 1. The lowest BCUT2D eigenvalue weighted by atomic mass is 10.2. The number of hydrogen-bond acceptors (Lipinski definition) is 6. The van der Waals surface area contributed by atoms with Crippen LogP contribution in [0.5, 0.6) is 11.5 Å². The number of likely N-dealkylation sites (N-methyl/N-ethyl adjacent to an activating group) is 1. The van der Waals surface area contributed by atoms with Crippen LogP contribution in [0.25, 0.3) is 0 Å². The van der Waals surface area contributed by atoms with Crippen molar-refractivity contribution >= 4 is 17.3 Å². The summed E-state index contributed by atoms with van der Waals surface area (Å²) in [6.07, 6.45) is 6.12. The molecule has 4 rings (SSSR count). The molecule has 0 radical (unpaired) electrons. The van der Waals surface area contributed by atoms with Gasteiger partial charge in [-0.25, -0.2) is 0 Å². The fourth-order valence-corrected chi connectivity index (χ4v) is 2.93. The van der Waals surface area contributed by atoms with Gasteiger partial charge in [-0.15, -0.1) is 0 Å². The minimum Gasteiger partial charge on any atom is -0.454 e. The first-order valence-electron chi connectivity index (χ1n) is 8.96. The number of fused-ring (bicyclic) bond motifs is 1. The highest BCUT2D eigenvalue weighted by Gasteiger charge is 2.15. The summed E-state index contributed by atoms with van der Waals surface area (Å²) in [4.78, 5) is 22.9. The van der Waals surface area contributed by atoms with Gasteiger partial charge in [-0.2, -0.15) is 0 Å². The van der Waals surface area contributed by atoms with Crippen LogP contribution >= 0.6 is 0 Å². The average Bonchev–Trinajstić information content (AvgIpc) is 3.21. The number of carbonyl (C=O) groups excluding carboxylic acids is 1. The first-order chi connectivity index (χ1) is 13.7. The SMILES string of the molecule is CN(CCc1ccncc1)c1ccnc(C(=O)Nc2ccc3c(c2)OCO3)c1. The van der Waals surface area contributed by atoms with E-state index >= 15 is 0 Å². The molecule has 28 heavy (non-hydrogen) atoms. The minimum absolute atomic E-state index is 0.197. The molecule has 2 aromatic heterocycles. The van der Waals surface area contributed by atoms with E-state index in [1.807, 2.05) is 25.2 Å². The Labute approximate surface area is 163 Å². The summed E-state index contributed by atoms with van der Waals surface area (Å²) >= 11 is 0. The first-order valence-corrected chi connectivity index (χ1v) is 8.96. The van der Waals surface area contributed by atoms with Crippen LogP contribution in [0.4, 0.5) is 11.4 Å². The summed E-state index contributed by atoms with van der Waals surface area (Å²) in [6, 6.07) is 13.0. The molecule has 0 saturated heterocycles. The minimum atomic E-state index is -0.275. The number of rotatable bonds is 6. The summed E-state index contributed by atoms with van der Waals surface area (Å²) in [6.45, 7) is 1.01. The summed E-state index contributed by atoms with van der Waals surface area (Å²) in [7, 11) is 2.00. The number of aromatic nitrogens is 2. The van der Waals surface area contributed by atoms with E-state index in [-0.39, 0.29) is 12.7 Å². The molecule has 0 fully saturated rings. The number of carbonyl (C=O) groups is 1. The number of pyridine rings is 2. The molecule has 0 unspecified atom stereocenters. The van der Waals surface area contributed by atoms with Gasteiger partial charge in [0, 0.05) is 49.6 Å². The van der Waals surface area contributed by atoms with Gasteiger partial charge < -0.3 is 19.7 Å². The van der Waals surface area contributed by atoms with Gasteiger partial charge >= 0.3 is 0 Å². The molecule has 3 aromatic rings. The number of anilines is 2. The van der Waals surface area contributed by atoms with Gasteiger partial charge in [0.25, 0.3) is 5.91 Å². The molecule has 3 heterocycles. The maximum atomic E-state index is 12.6. The zero-order chi connectivity index (χ0) is 19.3. The molecule has 7 nitrogen and oxygen atoms in total. The average molecular weight is 376 g/mol. The van der Waals surface area contributed by atoms with Crippen LogP contribution in [0.15, 0.2) is 61.1 Å². The number of amides is 1. The van der Waals surface area contributed by atoms with Crippen LogP contribution < -0.4 is 19.7 Å². The molecular formula is C21H20N4O3. The van der Waals surface area contributed by atoms with Crippen molar-refractivity contribution in [3.63, 3.8) is 0 Å². The number of nitrogens with zero attached hydrogens (tertiary/aromatic N) is 3. The van der Waals surface area contributed by atoms with Gasteiger partial charge in [0.05, 0.1) is 0 Å². The van der Waals surface area contributed by atoms with Crippen molar-refractivity contribution in [2.45, 2.75) is 6.42 Å². The predicted molar refractivity (Wildman–Crippen MR) is 106 cm³/mol. The van der Waals surface area contributed by atoms with Crippen molar-refractivity contribution in [1.29, 1.82) is 0 Å². The number of nitrogens with one attached hydrogen (secondary N) is 1. The van der Waals surface area contributed by atoms with Gasteiger partial charge in [0.15, 0.2) is 11.5 Å². The molecule has 1 amide bonds. The van der Waals surface area contributed by atoms with Crippen molar-refractivity contribution in [2.24, 2.45) is 0 Å². The van der Waals surface area contributed by atoms with Crippen LogP contribution in [0.2, 0.25) is 0 Å². The highest BCUT2D eigenvalue weighted by atomic mass is 16.7. The molecule has 1 N–H and O–H groups in total. The topological polar surface area (TPSA) is 76.6 Å². The fourth-order valence-electron chi connectivity index (χ4n) is 2.93. The van der Waals surface area contributed by atoms with Crippen molar-refractivity contribution < 1.29 is 14.3 Å². The summed E-state index contributed by atoms with van der Waals surface area (Å²) in [5.74, 6) is 1.02. The van der Waals surface area contributed by atoms with E-state index < -0.39 is 0 Å². The Balaban J connectivity index is 1.41. The molecule has 1 aliphatic rings. The highest BCUT2D eigenvalue weighted by molar-refractivity contribution is 6.03. The number of ether oxygens (including phenoxy) is 2. The van der Waals surface area contributed by atoms with Gasteiger partial charge in [-0.3, -0.25) is 14.8 Å². The second-order valence-corrected chi connectivity index (χ2v) is 6.45. The summed E-state index contributed by atoms with van der Waals surface area (Å²) in [5.41, 5.74) is 3.13. The van der Waals surface area contributed by atoms with Crippen LogP contribution in [0, 0.1) is 0 Å². The summed E-state index contributed by atoms with van der Waals surface area (Å²) < 4.78 is 10.6. The van der Waals surface area contributed by atoms with Gasteiger partial charge in [-0.1, -0.05) is 0 Å². The fraction of sp³-hybridized carbons (Fsp3) is 0.190. The van der Waals surface area contributed by atoms with Crippen molar-refractivity contribution in [3.8, 4) is 11.5 Å². The smallest absolute Gasteiger partial charge is 0.274 e. The van der Waals surface area contributed by atoms with Gasteiger partial charge in [0.2, 0.25) is 6.79 Å². The van der Waals surface area contributed by atoms with Crippen molar-refractivity contribution in [2.75, 3.05) is 30.6 Å². The molecule has 7 heteroatoms. The lowest BCUT2D eigenvalue weighted by Gasteiger charge is -2.19.